The van der Waals surface area contributed by atoms with Gasteiger partial charge in [0, 0.05) is 23.1 Å². The van der Waals surface area contributed by atoms with Crippen molar-refractivity contribution in [1.29, 1.82) is 0 Å². The standard InChI is InChI=1S/C22H24N4O2/c1-13-10-14(2)20(15(3)11-13)25-19-12-16(4)23-22(26-19)24-18-8-6-17(7-9-18)21(27)28-5/h6-12H,1-5H3,(H2,23,24,25,26). The average Bonchev–Trinajstić information content (AvgIpc) is 2.64. The van der Waals surface area contributed by atoms with Crippen molar-refractivity contribution in [1.82, 2.24) is 9.97 Å². The summed E-state index contributed by atoms with van der Waals surface area (Å²) in [4.78, 5) is 20.6. The van der Waals surface area contributed by atoms with E-state index in [2.05, 4.69) is 53.5 Å². The fourth-order valence-electron chi connectivity index (χ4n) is 3.13. The summed E-state index contributed by atoms with van der Waals surface area (Å²) in [6.45, 7) is 8.18. The van der Waals surface area contributed by atoms with E-state index < -0.39 is 0 Å². The molecule has 2 aromatic carbocycles. The van der Waals surface area contributed by atoms with Crippen LogP contribution in [0, 0.1) is 27.7 Å². The predicted octanol–water partition coefficient (Wildman–Crippen LogP) is 4.98. The molecule has 1 heterocycles. The lowest BCUT2D eigenvalue weighted by Crippen LogP contribution is -2.05. The van der Waals surface area contributed by atoms with Crippen LogP contribution in [0.4, 0.5) is 23.1 Å². The van der Waals surface area contributed by atoms with Crippen molar-refractivity contribution in [2.75, 3.05) is 17.7 Å². The van der Waals surface area contributed by atoms with Crippen molar-refractivity contribution in [3.05, 3.63) is 70.4 Å². The molecule has 0 aliphatic carbocycles. The highest BCUT2D eigenvalue weighted by Crippen LogP contribution is 2.26. The van der Waals surface area contributed by atoms with Crippen LogP contribution < -0.4 is 10.6 Å². The molecule has 1 aromatic heterocycles. The Bertz CT molecular complexity index is 991. The number of carbonyl (C=O) groups is 1. The second-order valence-corrected chi connectivity index (χ2v) is 6.81. The van der Waals surface area contributed by atoms with Crippen LogP contribution in [0.3, 0.4) is 0 Å². The Labute approximate surface area is 165 Å². The molecule has 6 heteroatoms. The number of aryl methyl sites for hydroxylation is 4. The minimum atomic E-state index is -0.367. The van der Waals surface area contributed by atoms with Crippen molar-refractivity contribution in [2.24, 2.45) is 0 Å². The molecule has 2 N–H and O–H groups in total. The van der Waals surface area contributed by atoms with Crippen LogP contribution in [-0.4, -0.2) is 23.0 Å². The van der Waals surface area contributed by atoms with Crippen molar-refractivity contribution < 1.29 is 9.53 Å². The van der Waals surface area contributed by atoms with E-state index >= 15 is 0 Å². The monoisotopic (exact) mass is 376 g/mol. The molecule has 0 atom stereocenters. The first-order valence-corrected chi connectivity index (χ1v) is 9.01. The van der Waals surface area contributed by atoms with E-state index in [9.17, 15) is 4.79 Å². The van der Waals surface area contributed by atoms with Crippen LogP contribution in [0.15, 0.2) is 42.5 Å². The molecule has 0 bridgehead atoms. The smallest absolute Gasteiger partial charge is 0.337 e. The van der Waals surface area contributed by atoms with Gasteiger partial charge in [0.05, 0.1) is 12.7 Å². The largest absolute Gasteiger partial charge is 0.465 e. The van der Waals surface area contributed by atoms with Gasteiger partial charge in [-0.15, -0.1) is 0 Å². The number of benzene rings is 2. The quantitative estimate of drug-likeness (QED) is 0.611. The zero-order valence-electron chi connectivity index (χ0n) is 16.8. The number of rotatable bonds is 5. The molecule has 0 fully saturated rings. The number of nitrogens with one attached hydrogen (secondary N) is 2. The summed E-state index contributed by atoms with van der Waals surface area (Å²) in [7, 11) is 1.36. The average molecular weight is 376 g/mol. The molecular weight excluding hydrogens is 352 g/mol. The summed E-state index contributed by atoms with van der Waals surface area (Å²) in [6.07, 6.45) is 0. The zero-order chi connectivity index (χ0) is 20.3. The normalized spacial score (nSPS) is 10.5. The topological polar surface area (TPSA) is 76.1 Å². The summed E-state index contributed by atoms with van der Waals surface area (Å²) < 4.78 is 4.72. The second-order valence-electron chi connectivity index (χ2n) is 6.81. The molecule has 0 radical (unpaired) electrons. The van der Waals surface area contributed by atoms with E-state index in [4.69, 9.17) is 4.74 Å². The summed E-state index contributed by atoms with van der Waals surface area (Å²) in [5.74, 6) is 0.834. The summed E-state index contributed by atoms with van der Waals surface area (Å²) in [6, 6.07) is 13.2. The second kappa shape index (κ2) is 8.08. The lowest BCUT2D eigenvalue weighted by Gasteiger charge is -2.15. The molecular formula is C22H24N4O2. The van der Waals surface area contributed by atoms with Gasteiger partial charge < -0.3 is 15.4 Å². The molecule has 0 spiro atoms. The molecule has 3 aromatic rings. The fourth-order valence-corrected chi connectivity index (χ4v) is 3.13. The van der Waals surface area contributed by atoms with Crippen molar-refractivity contribution in [3.63, 3.8) is 0 Å². The van der Waals surface area contributed by atoms with Crippen LogP contribution >= 0.6 is 0 Å². The number of hydrogen-bond acceptors (Lipinski definition) is 6. The number of hydrogen-bond donors (Lipinski definition) is 2. The molecule has 0 saturated heterocycles. The van der Waals surface area contributed by atoms with Gasteiger partial charge in [0.1, 0.15) is 5.82 Å². The number of carbonyl (C=O) groups excluding carboxylic acids is 1. The SMILES string of the molecule is COC(=O)c1ccc(Nc2nc(C)cc(Nc3c(C)cc(C)cc3C)n2)cc1. The third kappa shape index (κ3) is 4.46. The van der Waals surface area contributed by atoms with Gasteiger partial charge in [-0.05, 0) is 63.1 Å². The highest BCUT2D eigenvalue weighted by Gasteiger charge is 2.09. The Balaban J connectivity index is 1.83. The van der Waals surface area contributed by atoms with Gasteiger partial charge in [0.2, 0.25) is 5.95 Å². The van der Waals surface area contributed by atoms with Crippen molar-refractivity contribution in [3.8, 4) is 0 Å². The molecule has 0 unspecified atom stereocenters. The fraction of sp³-hybridized carbons (Fsp3) is 0.227. The Morgan fingerprint density at radius 1 is 0.893 bits per heavy atom. The van der Waals surface area contributed by atoms with E-state index in [0.29, 0.717) is 11.5 Å². The number of ether oxygens (including phenoxy) is 1. The molecule has 0 saturated carbocycles. The first kappa shape index (κ1) is 19.4. The maximum atomic E-state index is 11.5. The molecule has 144 valence electrons. The minimum absolute atomic E-state index is 0.367. The van der Waals surface area contributed by atoms with Gasteiger partial charge in [0.25, 0.3) is 0 Å². The van der Waals surface area contributed by atoms with E-state index in [0.717, 1.165) is 22.9 Å². The number of methoxy groups -OCH3 is 1. The highest BCUT2D eigenvalue weighted by molar-refractivity contribution is 5.89. The molecule has 6 nitrogen and oxygen atoms in total. The van der Waals surface area contributed by atoms with Gasteiger partial charge in [-0.3, -0.25) is 0 Å². The third-order valence-electron chi connectivity index (χ3n) is 4.35. The number of anilines is 4. The van der Waals surface area contributed by atoms with Crippen LogP contribution in [0.2, 0.25) is 0 Å². The van der Waals surface area contributed by atoms with Crippen LogP contribution in [0.5, 0.6) is 0 Å². The van der Waals surface area contributed by atoms with E-state index in [-0.39, 0.29) is 5.97 Å². The summed E-state index contributed by atoms with van der Waals surface area (Å²) >= 11 is 0. The predicted molar refractivity (Wildman–Crippen MR) is 112 cm³/mol. The Hall–Kier alpha value is -3.41. The maximum absolute atomic E-state index is 11.5. The van der Waals surface area contributed by atoms with E-state index in [1.54, 1.807) is 24.3 Å². The van der Waals surface area contributed by atoms with Crippen molar-refractivity contribution in [2.45, 2.75) is 27.7 Å². The Morgan fingerprint density at radius 2 is 1.54 bits per heavy atom. The zero-order valence-corrected chi connectivity index (χ0v) is 16.8. The van der Waals surface area contributed by atoms with Gasteiger partial charge in [-0.2, -0.15) is 4.98 Å². The first-order chi connectivity index (χ1) is 13.4. The highest BCUT2D eigenvalue weighted by atomic mass is 16.5. The minimum Gasteiger partial charge on any atom is -0.465 e. The lowest BCUT2D eigenvalue weighted by molar-refractivity contribution is 0.0601. The van der Waals surface area contributed by atoms with Gasteiger partial charge in [-0.1, -0.05) is 17.7 Å². The first-order valence-electron chi connectivity index (χ1n) is 9.01. The van der Waals surface area contributed by atoms with Gasteiger partial charge in [-0.25, -0.2) is 9.78 Å². The molecule has 28 heavy (non-hydrogen) atoms. The molecule has 3 rings (SSSR count). The van der Waals surface area contributed by atoms with Gasteiger partial charge in [0.15, 0.2) is 0 Å². The Morgan fingerprint density at radius 3 is 2.14 bits per heavy atom. The van der Waals surface area contributed by atoms with E-state index in [1.165, 1.54) is 23.8 Å². The number of nitrogens with zero attached hydrogens (tertiary/aromatic N) is 2. The molecule has 0 amide bonds. The third-order valence-corrected chi connectivity index (χ3v) is 4.35. The summed E-state index contributed by atoms with van der Waals surface area (Å²) in [5.41, 5.74) is 6.74. The van der Waals surface area contributed by atoms with Crippen LogP contribution in [0.1, 0.15) is 32.7 Å². The van der Waals surface area contributed by atoms with E-state index in [1.807, 2.05) is 13.0 Å². The Kier molecular flexibility index (Phi) is 5.59. The van der Waals surface area contributed by atoms with Crippen LogP contribution in [-0.2, 0) is 4.74 Å². The number of aromatic nitrogens is 2. The van der Waals surface area contributed by atoms with Gasteiger partial charge >= 0.3 is 5.97 Å². The number of esters is 1. The summed E-state index contributed by atoms with van der Waals surface area (Å²) in [5, 5.41) is 6.59. The lowest BCUT2D eigenvalue weighted by atomic mass is 10.1. The molecule has 0 aliphatic rings. The molecule has 0 aliphatic heterocycles. The van der Waals surface area contributed by atoms with Crippen molar-refractivity contribution >= 4 is 29.1 Å². The maximum Gasteiger partial charge on any atom is 0.337 e. The van der Waals surface area contributed by atoms with Crippen LogP contribution in [0.25, 0.3) is 0 Å².